The number of aliphatic hydroxyl groups excluding tert-OH is 1. The first-order chi connectivity index (χ1) is 14.6. The fourth-order valence-electron chi connectivity index (χ4n) is 4.56. The van der Waals surface area contributed by atoms with E-state index in [4.69, 9.17) is 15.9 Å². The van der Waals surface area contributed by atoms with Gasteiger partial charge in [-0.25, -0.2) is 0 Å². The smallest absolute Gasteiger partial charge is 0.137 e. The molecule has 1 aromatic rings. The van der Waals surface area contributed by atoms with Crippen molar-refractivity contribution >= 4 is 11.5 Å². The van der Waals surface area contributed by atoms with Crippen molar-refractivity contribution in [3.63, 3.8) is 0 Å². The van der Waals surface area contributed by atoms with E-state index in [0.29, 0.717) is 0 Å². The van der Waals surface area contributed by atoms with E-state index in [1.54, 1.807) is 0 Å². The molecule has 30 heavy (non-hydrogen) atoms. The third-order valence-corrected chi connectivity index (χ3v) is 6.94. The number of benzene rings is 1. The minimum atomic E-state index is -0.785. The maximum absolute atomic E-state index is 10.3. The second-order valence-electron chi connectivity index (χ2n) is 9.41. The predicted octanol–water partition coefficient (Wildman–Crippen LogP) is 5.22. The summed E-state index contributed by atoms with van der Waals surface area (Å²) in [4.78, 5) is 0. The summed E-state index contributed by atoms with van der Waals surface area (Å²) >= 11 is 0. The quantitative estimate of drug-likeness (QED) is 0.145. The Hall–Kier alpha value is -1.59. The van der Waals surface area contributed by atoms with Crippen LogP contribution in [0.5, 0.6) is 0 Å². The molecule has 2 saturated carbocycles. The summed E-state index contributed by atoms with van der Waals surface area (Å²) in [5.74, 6) is 0.905. The molecule has 3 rings (SSSR count). The maximum Gasteiger partial charge on any atom is 0.137 e. The van der Waals surface area contributed by atoms with E-state index in [1.807, 2.05) is 12.1 Å². The van der Waals surface area contributed by atoms with Crippen molar-refractivity contribution in [1.29, 1.82) is 5.41 Å². The Morgan fingerprint density at radius 3 is 2.40 bits per heavy atom. The molecule has 1 unspecified atom stereocenters. The Morgan fingerprint density at radius 1 is 1.07 bits per heavy atom. The van der Waals surface area contributed by atoms with Gasteiger partial charge in [-0.2, -0.15) is 0 Å². The zero-order valence-electron chi connectivity index (χ0n) is 18.5. The van der Waals surface area contributed by atoms with Gasteiger partial charge in [0.15, 0.2) is 0 Å². The number of nitrogens with two attached hydrogens (primary N) is 1. The topological polar surface area (TPSA) is 91.4 Å². The number of aryl methyl sites for hydroxylation is 1. The van der Waals surface area contributed by atoms with E-state index >= 15 is 0 Å². The van der Waals surface area contributed by atoms with Gasteiger partial charge in [0.05, 0.1) is 5.41 Å². The Labute approximate surface area is 182 Å². The van der Waals surface area contributed by atoms with E-state index in [9.17, 15) is 5.11 Å². The predicted molar refractivity (Wildman–Crippen MR) is 124 cm³/mol. The fourth-order valence-corrected chi connectivity index (χ4v) is 4.56. The molecule has 0 amide bonds. The van der Waals surface area contributed by atoms with Gasteiger partial charge in [0.2, 0.25) is 0 Å². The van der Waals surface area contributed by atoms with Crippen LogP contribution in [0.3, 0.4) is 0 Å². The van der Waals surface area contributed by atoms with Crippen LogP contribution in [0.1, 0.15) is 82.6 Å². The molecule has 0 saturated heterocycles. The van der Waals surface area contributed by atoms with Crippen LogP contribution in [0, 0.1) is 16.7 Å². The molecule has 0 spiro atoms. The molecule has 5 nitrogen and oxygen atoms in total. The highest BCUT2D eigenvalue weighted by molar-refractivity contribution is 5.87. The number of aliphatic hydroxyl groups is 1. The molecule has 2 fully saturated rings. The molecular weight excluding hydrogens is 374 g/mol. The van der Waals surface area contributed by atoms with Gasteiger partial charge in [0.1, 0.15) is 12.1 Å². The van der Waals surface area contributed by atoms with Crippen LogP contribution >= 0.6 is 0 Å². The lowest BCUT2D eigenvalue weighted by molar-refractivity contribution is 0.0824. The van der Waals surface area contributed by atoms with Gasteiger partial charge >= 0.3 is 0 Å². The molecule has 2 aliphatic rings. The van der Waals surface area contributed by atoms with E-state index in [1.165, 1.54) is 69.8 Å². The minimum Gasteiger partial charge on any atom is -0.387 e. The Balaban J connectivity index is 1.20. The highest BCUT2D eigenvalue weighted by Crippen LogP contribution is 2.48. The van der Waals surface area contributed by atoms with Crippen molar-refractivity contribution in [1.82, 2.24) is 0 Å². The van der Waals surface area contributed by atoms with Crippen molar-refractivity contribution in [3.05, 3.63) is 29.8 Å². The monoisotopic (exact) mass is 415 g/mol. The number of rotatable bonds is 14. The van der Waals surface area contributed by atoms with Gasteiger partial charge in [0.25, 0.3) is 0 Å². The summed E-state index contributed by atoms with van der Waals surface area (Å²) in [5.41, 5.74) is 7.29. The van der Waals surface area contributed by atoms with Gasteiger partial charge in [-0.3, -0.25) is 5.41 Å². The molecule has 0 heterocycles. The molecule has 0 bridgehead atoms. The summed E-state index contributed by atoms with van der Waals surface area (Å²) < 4.78 is 5.88. The first kappa shape index (κ1) is 23.1. The van der Waals surface area contributed by atoms with E-state index in [0.717, 1.165) is 44.1 Å². The van der Waals surface area contributed by atoms with Gasteiger partial charge in [-0.15, -0.1) is 0 Å². The average Bonchev–Trinajstić information content (AvgIpc) is 3.57. The maximum atomic E-state index is 10.3. The van der Waals surface area contributed by atoms with Crippen molar-refractivity contribution in [3.8, 4) is 0 Å². The van der Waals surface area contributed by atoms with Crippen molar-refractivity contribution in [2.45, 2.75) is 89.7 Å². The van der Waals surface area contributed by atoms with E-state index in [2.05, 4.69) is 17.4 Å². The summed E-state index contributed by atoms with van der Waals surface area (Å²) in [7, 11) is 0. The molecule has 2 aliphatic carbocycles. The van der Waals surface area contributed by atoms with Crippen LogP contribution in [-0.2, 0) is 11.2 Å². The van der Waals surface area contributed by atoms with Gasteiger partial charge < -0.3 is 20.9 Å². The molecule has 168 valence electrons. The van der Waals surface area contributed by atoms with Crippen molar-refractivity contribution in [2.75, 3.05) is 18.5 Å². The molecule has 1 atom stereocenters. The number of unbranched alkanes of at least 4 members (excludes halogenated alkanes) is 4. The Morgan fingerprint density at radius 2 is 1.73 bits per heavy atom. The molecule has 1 aromatic carbocycles. The summed E-state index contributed by atoms with van der Waals surface area (Å²) in [5, 5.41) is 21.1. The fraction of sp³-hybridized carbons (Fsp3) is 0.720. The molecular formula is C25H41N3O2. The molecule has 5 heteroatoms. The second-order valence-corrected chi connectivity index (χ2v) is 9.41. The zero-order valence-corrected chi connectivity index (χ0v) is 18.5. The summed E-state index contributed by atoms with van der Waals surface area (Å²) in [6.07, 6.45) is 15.1. The Kier molecular flexibility index (Phi) is 9.01. The third kappa shape index (κ3) is 6.98. The van der Waals surface area contributed by atoms with Gasteiger partial charge in [-0.05, 0) is 68.6 Å². The number of ether oxygens (including phenoxy) is 1. The highest BCUT2D eigenvalue weighted by atomic mass is 16.5. The molecule has 0 aliphatic heterocycles. The number of hydrogen-bond acceptors (Lipinski definition) is 4. The number of hydrogen-bond donors (Lipinski definition) is 4. The lowest BCUT2D eigenvalue weighted by Crippen LogP contribution is -2.39. The van der Waals surface area contributed by atoms with E-state index < -0.39 is 11.6 Å². The standard InChI is InChI=1S/C25H41N3O2/c26-23(27)25(16-17-25)24(29)28-22-14-12-20(13-15-22)9-5-2-1-3-8-18-30-19-21-10-6-4-7-11-21/h12-15,21,24,28-29H,1-11,16-19H2,(H3,26,27). The highest BCUT2D eigenvalue weighted by Gasteiger charge is 2.52. The van der Waals surface area contributed by atoms with Crippen LogP contribution in [0.4, 0.5) is 5.69 Å². The van der Waals surface area contributed by atoms with Crippen LogP contribution in [-0.4, -0.2) is 30.4 Å². The van der Waals surface area contributed by atoms with Crippen molar-refractivity contribution in [2.24, 2.45) is 17.1 Å². The lowest BCUT2D eigenvalue weighted by Gasteiger charge is -2.23. The number of nitrogens with one attached hydrogen (secondary N) is 2. The summed E-state index contributed by atoms with van der Waals surface area (Å²) in [6, 6.07) is 8.28. The van der Waals surface area contributed by atoms with Crippen LogP contribution < -0.4 is 11.1 Å². The zero-order chi connectivity index (χ0) is 21.2. The van der Waals surface area contributed by atoms with Gasteiger partial charge in [-0.1, -0.05) is 50.7 Å². The van der Waals surface area contributed by atoms with Crippen LogP contribution in [0.15, 0.2) is 24.3 Å². The SMILES string of the molecule is N=C(N)C1(C(O)Nc2ccc(CCCCCCCOCC3CCCCC3)cc2)CC1. The molecule has 0 radical (unpaired) electrons. The second kappa shape index (κ2) is 11.7. The third-order valence-electron chi connectivity index (χ3n) is 6.94. The molecule has 0 aromatic heterocycles. The largest absolute Gasteiger partial charge is 0.387 e. The lowest BCUT2D eigenvalue weighted by atomic mass is 9.90. The average molecular weight is 416 g/mol. The minimum absolute atomic E-state index is 0.0786. The normalized spacial score (nSPS) is 19.4. The molecule has 5 N–H and O–H groups in total. The first-order valence-electron chi connectivity index (χ1n) is 12.1. The summed E-state index contributed by atoms with van der Waals surface area (Å²) in [6.45, 7) is 1.92. The Bertz CT molecular complexity index is 636. The van der Waals surface area contributed by atoms with Gasteiger partial charge in [0, 0.05) is 18.9 Å². The number of amidine groups is 1. The van der Waals surface area contributed by atoms with Crippen LogP contribution in [0.2, 0.25) is 0 Å². The van der Waals surface area contributed by atoms with Crippen molar-refractivity contribution < 1.29 is 9.84 Å². The van der Waals surface area contributed by atoms with E-state index in [-0.39, 0.29) is 5.84 Å². The van der Waals surface area contributed by atoms with Crippen LogP contribution in [0.25, 0.3) is 0 Å². The first-order valence-corrected chi connectivity index (χ1v) is 12.1. The number of anilines is 1.